The molecular weight excluding hydrogens is 230 g/mol. The van der Waals surface area contributed by atoms with Crippen molar-refractivity contribution in [2.75, 3.05) is 11.5 Å². The van der Waals surface area contributed by atoms with E-state index < -0.39 is 0 Å². The SMILES string of the molecule is CCc1cc(CNC2CCSCC2)n(CC)n1. The van der Waals surface area contributed by atoms with Gasteiger partial charge in [-0.3, -0.25) is 4.68 Å². The molecule has 3 nitrogen and oxygen atoms in total. The Morgan fingerprint density at radius 3 is 2.82 bits per heavy atom. The first-order valence-corrected chi connectivity index (χ1v) is 7.85. The van der Waals surface area contributed by atoms with Crippen molar-refractivity contribution in [3.8, 4) is 0 Å². The van der Waals surface area contributed by atoms with Gasteiger partial charge in [-0.05, 0) is 43.8 Å². The number of nitrogens with one attached hydrogen (secondary N) is 1. The van der Waals surface area contributed by atoms with Gasteiger partial charge < -0.3 is 5.32 Å². The third kappa shape index (κ3) is 3.49. The Morgan fingerprint density at radius 2 is 2.18 bits per heavy atom. The third-order valence-electron chi connectivity index (χ3n) is 3.37. The second kappa shape index (κ2) is 6.45. The van der Waals surface area contributed by atoms with Gasteiger partial charge >= 0.3 is 0 Å². The van der Waals surface area contributed by atoms with E-state index in [1.165, 1.54) is 35.7 Å². The summed E-state index contributed by atoms with van der Waals surface area (Å²) < 4.78 is 2.13. The van der Waals surface area contributed by atoms with E-state index in [1.54, 1.807) is 0 Å². The molecule has 1 aliphatic heterocycles. The minimum Gasteiger partial charge on any atom is -0.308 e. The van der Waals surface area contributed by atoms with Crippen LogP contribution in [0.25, 0.3) is 0 Å². The standard InChI is InChI=1S/C13H23N3S/c1-3-11-9-13(16(4-2)15-11)10-14-12-5-7-17-8-6-12/h9,12,14H,3-8,10H2,1-2H3. The van der Waals surface area contributed by atoms with Gasteiger partial charge in [0.2, 0.25) is 0 Å². The second-order valence-corrected chi connectivity index (χ2v) is 5.79. The van der Waals surface area contributed by atoms with Crippen LogP contribution < -0.4 is 5.32 Å². The number of nitrogens with zero attached hydrogens (tertiary/aromatic N) is 2. The lowest BCUT2D eigenvalue weighted by atomic mass is 10.1. The van der Waals surface area contributed by atoms with Crippen molar-refractivity contribution in [2.24, 2.45) is 0 Å². The monoisotopic (exact) mass is 253 g/mol. The zero-order valence-corrected chi connectivity index (χ0v) is 11.7. The highest BCUT2D eigenvalue weighted by atomic mass is 32.2. The smallest absolute Gasteiger partial charge is 0.0625 e. The van der Waals surface area contributed by atoms with Crippen LogP contribution in [0.1, 0.15) is 38.1 Å². The van der Waals surface area contributed by atoms with Crippen molar-refractivity contribution < 1.29 is 0 Å². The number of aryl methyl sites for hydroxylation is 2. The maximum atomic E-state index is 4.58. The van der Waals surface area contributed by atoms with E-state index in [1.807, 2.05) is 0 Å². The fourth-order valence-corrected chi connectivity index (χ4v) is 3.36. The van der Waals surface area contributed by atoms with Crippen molar-refractivity contribution in [3.63, 3.8) is 0 Å². The highest BCUT2D eigenvalue weighted by Gasteiger charge is 2.14. The summed E-state index contributed by atoms with van der Waals surface area (Å²) in [6.07, 6.45) is 3.65. The molecule has 1 fully saturated rings. The molecule has 1 aliphatic rings. The Morgan fingerprint density at radius 1 is 1.41 bits per heavy atom. The number of hydrogen-bond acceptors (Lipinski definition) is 3. The maximum Gasteiger partial charge on any atom is 0.0625 e. The summed E-state index contributed by atoms with van der Waals surface area (Å²) in [5.41, 5.74) is 2.55. The van der Waals surface area contributed by atoms with Crippen molar-refractivity contribution in [3.05, 3.63) is 17.5 Å². The van der Waals surface area contributed by atoms with Crippen LogP contribution in [0.3, 0.4) is 0 Å². The lowest BCUT2D eigenvalue weighted by molar-refractivity contribution is 0.465. The molecule has 0 spiro atoms. The summed E-state index contributed by atoms with van der Waals surface area (Å²) in [7, 11) is 0. The Labute approximate surface area is 108 Å². The fraction of sp³-hybridized carbons (Fsp3) is 0.769. The normalized spacial score (nSPS) is 17.5. The van der Waals surface area contributed by atoms with Gasteiger partial charge in [-0.1, -0.05) is 6.92 Å². The minimum absolute atomic E-state index is 0.710. The van der Waals surface area contributed by atoms with Crippen LogP contribution in [-0.2, 0) is 19.5 Å². The molecule has 17 heavy (non-hydrogen) atoms. The van der Waals surface area contributed by atoms with E-state index in [9.17, 15) is 0 Å². The maximum absolute atomic E-state index is 4.58. The average Bonchev–Trinajstić information content (AvgIpc) is 2.80. The molecule has 1 N–H and O–H groups in total. The molecule has 2 rings (SSSR count). The molecule has 0 aliphatic carbocycles. The molecular formula is C13H23N3S. The van der Waals surface area contributed by atoms with Crippen molar-refractivity contribution >= 4 is 11.8 Å². The van der Waals surface area contributed by atoms with E-state index in [2.05, 4.69) is 46.8 Å². The van der Waals surface area contributed by atoms with Crippen molar-refractivity contribution in [2.45, 2.75) is 52.2 Å². The summed E-state index contributed by atoms with van der Waals surface area (Å²) in [4.78, 5) is 0. The fourth-order valence-electron chi connectivity index (χ4n) is 2.25. The highest BCUT2D eigenvalue weighted by Crippen LogP contribution is 2.17. The van der Waals surface area contributed by atoms with Crippen molar-refractivity contribution in [1.82, 2.24) is 15.1 Å². The lowest BCUT2D eigenvalue weighted by Crippen LogP contribution is -2.32. The zero-order chi connectivity index (χ0) is 12.1. The first-order valence-electron chi connectivity index (χ1n) is 6.70. The molecule has 0 unspecified atom stereocenters. The molecule has 0 amide bonds. The predicted octanol–water partition coefficient (Wildman–Crippen LogP) is 2.45. The third-order valence-corrected chi connectivity index (χ3v) is 4.42. The van der Waals surface area contributed by atoms with Gasteiger partial charge in [-0.15, -0.1) is 0 Å². The number of hydrogen-bond donors (Lipinski definition) is 1. The van der Waals surface area contributed by atoms with Gasteiger partial charge in [0, 0.05) is 19.1 Å². The number of aromatic nitrogens is 2. The Bertz CT molecular complexity index is 342. The molecule has 0 radical (unpaired) electrons. The summed E-state index contributed by atoms with van der Waals surface area (Å²) in [5.74, 6) is 2.62. The summed E-state index contributed by atoms with van der Waals surface area (Å²) >= 11 is 2.08. The largest absolute Gasteiger partial charge is 0.308 e. The molecule has 1 aromatic rings. The molecule has 96 valence electrons. The van der Waals surface area contributed by atoms with Crippen molar-refractivity contribution in [1.29, 1.82) is 0 Å². The minimum atomic E-state index is 0.710. The molecule has 2 heterocycles. The lowest BCUT2D eigenvalue weighted by Gasteiger charge is -2.22. The Hall–Kier alpha value is -0.480. The van der Waals surface area contributed by atoms with Gasteiger partial charge in [-0.25, -0.2) is 0 Å². The highest BCUT2D eigenvalue weighted by molar-refractivity contribution is 7.99. The van der Waals surface area contributed by atoms with Crippen LogP contribution in [-0.4, -0.2) is 27.3 Å². The molecule has 1 aromatic heterocycles. The van der Waals surface area contributed by atoms with E-state index in [-0.39, 0.29) is 0 Å². The zero-order valence-electron chi connectivity index (χ0n) is 10.9. The second-order valence-electron chi connectivity index (χ2n) is 4.56. The summed E-state index contributed by atoms with van der Waals surface area (Å²) in [6.45, 7) is 6.26. The van der Waals surface area contributed by atoms with E-state index in [4.69, 9.17) is 0 Å². The summed E-state index contributed by atoms with van der Waals surface area (Å²) in [6, 6.07) is 2.95. The van der Waals surface area contributed by atoms with Crippen LogP contribution in [0.4, 0.5) is 0 Å². The molecule has 0 bridgehead atoms. The van der Waals surface area contributed by atoms with Gasteiger partial charge in [0.1, 0.15) is 0 Å². The molecule has 1 saturated heterocycles. The van der Waals surface area contributed by atoms with E-state index in [0.29, 0.717) is 6.04 Å². The summed E-state index contributed by atoms with van der Waals surface area (Å²) in [5, 5.41) is 8.26. The van der Waals surface area contributed by atoms with E-state index >= 15 is 0 Å². The van der Waals surface area contributed by atoms with Gasteiger partial charge in [0.05, 0.1) is 11.4 Å². The van der Waals surface area contributed by atoms with Crippen LogP contribution in [0.15, 0.2) is 6.07 Å². The average molecular weight is 253 g/mol. The Balaban J connectivity index is 1.90. The van der Waals surface area contributed by atoms with Crippen LogP contribution in [0.5, 0.6) is 0 Å². The van der Waals surface area contributed by atoms with Gasteiger partial charge in [0.25, 0.3) is 0 Å². The predicted molar refractivity (Wildman–Crippen MR) is 74.5 cm³/mol. The molecule has 0 aromatic carbocycles. The van der Waals surface area contributed by atoms with Gasteiger partial charge in [-0.2, -0.15) is 16.9 Å². The quantitative estimate of drug-likeness (QED) is 0.874. The van der Waals surface area contributed by atoms with Crippen LogP contribution >= 0.6 is 11.8 Å². The van der Waals surface area contributed by atoms with Crippen LogP contribution in [0.2, 0.25) is 0 Å². The first-order chi connectivity index (χ1) is 8.33. The molecule has 0 saturated carbocycles. The van der Waals surface area contributed by atoms with Crippen LogP contribution in [0, 0.1) is 0 Å². The molecule has 4 heteroatoms. The molecule has 0 atom stereocenters. The Kier molecular flexibility index (Phi) is 4.92. The first kappa shape index (κ1) is 13.0. The topological polar surface area (TPSA) is 29.9 Å². The van der Waals surface area contributed by atoms with Gasteiger partial charge in [0.15, 0.2) is 0 Å². The number of rotatable bonds is 5. The number of thioether (sulfide) groups is 1. The van der Waals surface area contributed by atoms with E-state index in [0.717, 1.165) is 19.5 Å².